The third kappa shape index (κ3) is 2.84. The van der Waals surface area contributed by atoms with E-state index in [0.717, 1.165) is 23.4 Å². The molecule has 152 valence electrons. The van der Waals surface area contributed by atoms with Gasteiger partial charge in [0.2, 0.25) is 5.91 Å². The van der Waals surface area contributed by atoms with Gasteiger partial charge in [-0.3, -0.25) is 9.69 Å². The highest BCUT2D eigenvalue weighted by Crippen LogP contribution is 2.48. The van der Waals surface area contributed by atoms with Crippen molar-refractivity contribution in [3.8, 4) is 5.75 Å². The van der Waals surface area contributed by atoms with Crippen molar-refractivity contribution in [3.05, 3.63) is 53.3 Å². The Balaban J connectivity index is 1.78. The predicted octanol–water partition coefficient (Wildman–Crippen LogP) is 3.53. The van der Waals surface area contributed by atoms with Crippen LogP contribution < -0.4 is 15.8 Å². The van der Waals surface area contributed by atoms with Crippen LogP contribution in [0.1, 0.15) is 31.9 Å². The van der Waals surface area contributed by atoms with Crippen LogP contribution in [0.5, 0.6) is 5.75 Å². The fraction of sp³-hybridized carbons (Fsp3) is 0.364. The van der Waals surface area contributed by atoms with Crippen molar-refractivity contribution in [2.45, 2.75) is 32.7 Å². The van der Waals surface area contributed by atoms with Crippen molar-refractivity contribution < 1.29 is 13.9 Å². The molecule has 0 spiro atoms. The highest BCUT2D eigenvalue weighted by Gasteiger charge is 2.53. The van der Waals surface area contributed by atoms with Crippen LogP contribution in [-0.4, -0.2) is 30.4 Å². The van der Waals surface area contributed by atoms with Gasteiger partial charge in [-0.2, -0.15) is 0 Å². The zero-order chi connectivity index (χ0) is 21.0. The number of halogens is 1. The molecule has 7 heteroatoms. The number of guanidine groups is 1. The summed E-state index contributed by atoms with van der Waals surface area (Å²) >= 11 is 0. The monoisotopic (exact) mass is 396 g/mol. The number of nitrogens with one attached hydrogen (secondary N) is 1. The van der Waals surface area contributed by atoms with E-state index in [9.17, 15) is 9.18 Å². The second kappa shape index (κ2) is 6.47. The summed E-state index contributed by atoms with van der Waals surface area (Å²) in [5.74, 6) is 0.250. The predicted molar refractivity (Wildman–Crippen MR) is 111 cm³/mol. The van der Waals surface area contributed by atoms with E-state index in [1.165, 1.54) is 11.0 Å². The average molecular weight is 396 g/mol. The second-order valence-electron chi connectivity index (χ2n) is 8.24. The summed E-state index contributed by atoms with van der Waals surface area (Å²) < 4.78 is 20.7. The molecular formula is C22H25FN4O2. The van der Waals surface area contributed by atoms with Crippen molar-refractivity contribution in [2.24, 2.45) is 16.1 Å². The van der Waals surface area contributed by atoms with Crippen molar-refractivity contribution >= 4 is 23.2 Å². The topological polar surface area (TPSA) is 80.0 Å². The van der Waals surface area contributed by atoms with E-state index < -0.39 is 16.8 Å². The molecule has 2 aromatic rings. The molecule has 1 amide bonds. The van der Waals surface area contributed by atoms with E-state index in [0.29, 0.717) is 17.9 Å². The minimum absolute atomic E-state index is 0.0730. The van der Waals surface area contributed by atoms with E-state index in [1.807, 2.05) is 18.2 Å². The van der Waals surface area contributed by atoms with Crippen LogP contribution in [0.2, 0.25) is 0 Å². The van der Waals surface area contributed by atoms with Crippen LogP contribution >= 0.6 is 0 Å². The first-order chi connectivity index (χ1) is 13.6. The lowest BCUT2D eigenvalue weighted by Crippen LogP contribution is -2.58. The first-order valence-corrected chi connectivity index (χ1v) is 9.60. The van der Waals surface area contributed by atoms with Crippen molar-refractivity contribution in [1.29, 1.82) is 0 Å². The maximum absolute atomic E-state index is 15.0. The lowest BCUT2D eigenvalue weighted by Gasteiger charge is -2.46. The Kier molecular flexibility index (Phi) is 4.29. The summed E-state index contributed by atoms with van der Waals surface area (Å²) in [6.45, 7) is 5.92. The number of aliphatic imine (C=N–C) groups is 1. The molecule has 2 aliphatic rings. The molecule has 1 unspecified atom stereocenters. The normalized spacial score (nSPS) is 22.7. The molecule has 2 aromatic carbocycles. The molecular weight excluding hydrogens is 371 g/mol. The van der Waals surface area contributed by atoms with E-state index in [1.54, 1.807) is 40.0 Å². The average Bonchev–Trinajstić information content (AvgIpc) is 3.16. The zero-order valence-electron chi connectivity index (χ0n) is 17.0. The van der Waals surface area contributed by atoms with Gasteiger partial charge in [-0.15, -0.1) is 0 Å². The maximum atomic E-state index is 15.0. The molecule has 0 fully saturated rings. The molecule has 6 nitrogen and oxygen atoms in total. The summed E-state index contributed by atoms with van der Waals surface area (Å²) in [7, 11) is 1.58. The Bertz CT molecular complexity index is 1030. The minimum atomic E-state index is -1.16. The number of amides is 1. The first-order valence-electron chi connectivity index (χ1n) is 9.60. The van der Waals surface area contributed by atoms with Gasteiger partial charge in [0.15, 0.2) is 5.96 Å². The Morgan fingerprint density at radius 2 is 2.00 bits per heavy atom. The van der Waals surface area contributed by atoms with Gasteiger partial charge in [-0.05, 0) is 50.6 Å². The lowest BCUT2D eigenvalue weighted by atomic mass is 9.67. The van der Waals surface area contributed by atoms with Crippen LogP contribution in [0.25, 0.3) is 0 Å². The van der Waals surface area contributed by atoms with E-state index in [4.69, 9.17) is 10.5 Å². The van der Waals surface area contributed by atoms with Crippen LogP contribution in [0.4, 0.5) is 15.8 Å². The van der Waals surface area contributed by atoms with E-state index in [2.05, 4.69) is 10.3 Å². The Morgan fingerprint density at radius 1 is 1.24 bits per heavy atom. The van der Waals surface area contributed by atoms with Crippen LogP contribution in [0.3, 0.4) is 0 Å². The quantitative estimate of drug-likeness (QED) is 0.832. The fourth-order valence-electron chi connectivity index (χ4n) is 4.02. The molecule has 29 heavy (non-hydrogen) atoms. The highest BCUT2D eigenvalue weighted by atomic mass is 19.1. The number of nitrogens with zero attached hydrogens (tertiary/aromatic N) is 2. The van der Waals surface area contributed by atoms with Gasteiger partial charge in [0, 0.05) is 24.7 Å². The Hall–Kier alpha value is -3.09. The number of hydrogen-bond donors (Lipinski definition) is 2. The smallest absolute Gasteiger partial charge is 0.237 e. The number of benzene rings is 2. The van der Waals surface area contributed by atoms with Gasteiger partial charge in [0.05, 0.1) is 17.7 Å². The summed E-state index contributed by atoms with van der Waals surface area (Å²) in [5, 5.41) is 3.32. The van der Waals surface area contributed by atoms with Crippen LogP contribution in [0, 0.1) is 11.2 Å². The molecule has 1 atom stereocenters. The third-order valence-corrected chi connectivity index (χ3v) is 6.22. The van der Waals surface area contributed by atoms with E-state index in [-0.39, 0.29) is 11.9 Å². The molecule has 3 N–H and O–H groups in total. The SMILES string of the molecule is CN1C(=O)C(C)(C)C(C)(c2cc(Nc3cccc4c3OCC4)ccc2F)N=C1N. The van der Waals surface area contributed by atoms with Gasteiger partial charge >= 0.3 is 0 Å². The first kappa shape index (κ1) is 19.2. The van der Waals surface area contributed by atoms with Gasteiger partial charge < -0.3 is 15.8 Å². The van der Waals surface area contributed by atoms with Crippen molar-refractivity contribution in [3.63, 3.8) is 0 Å². The maximum Gasteiger partial charge on any atom is 0.237 e. The van der Waals surface area contributed by atoms with Crippen LogP contribution in [0.15, 0.2) is 41.4 Å². The molecule has 0 bridgehead atoms. The standard InChI is InChI=1S/C22H25FN4O2/c1-21(2)19(28)27(4)20(24)26-22(21,3)15-12-14(8-9-16(15)23)25-17-7-5-6-13-10-11-29-18(13)17/h5-9,12,25H,10-11H2,1-4H3,(H2,24,26). The van der Waals surface area contributed by atoms with Crippen molar-refractivity contribution in [2.75, 3.05) is 19.0 Å². The summed E-state index contributed by atoms with van der Waals surface area (Å²) in [6.07, 6.45) is 0.870. The van der Waals surface area contributed by atoms with Gasteiger partial charge in [0.1, 0.15) is 17.1 Å². The summed E-state index contributed by atoms with van der Waals surface area (Å²) in [6, 6.07) is 10.7. The van der Waals surface area contributed by atoms with Crippen LogP contribution in [-0.2, 0) is 16.8 Å². The highest BCUT2D eigenvalue weighted by molar-refractivity contribution is 6.01. The molecule has 2 heterocycles. The largest absolute Gasteiger partial charge is 0.491 e. The van der Waals surface area contributed by atoms with Gasteiger partial charge in [-0.25, -0.2) is 9.38 Å². The number of fused-ring (bicyclic) bond motifs is 1. The summed E-state index contributed by atoms with van der Waals surface area (Å²) in [4.78, 5) is 18.7. The number of ether oxygens (including phenoxy) is 1. The Labute approximate surface area is 169 Å². The molecule has 2 aliphatic heterocycles. The minimum Gasteiger partial charge on any atom is -0.491 e. The summed E-state index contributed by atoms with van der Waals surface area (Å²) in [5.41, 5.74) is 6.80. The molecule has 0 saturated carbocycles. The number of carbonyl (C=O) groups excluding carboxylic acids is 1. The number of rotatable bonds is 3. The lowest BCUT2D eigenvalue weighted by molar-refractivity contribution is -0.140. The number of nitrogens with two attached hydrogens (primary N) is 1. The fourth-order valence-corrected chi connectivity index (χ4v) is 4.02. The molecule has 4 rings (SSSR count). The zero-order valence-corrected chi connectivity index (χ0v) is 17.0. The van der Waals surface area contributed by atoms with Gasteiger partial charge in [0.25, 0.3) is 0 Å². The Morgan fingerprint density at radius 3 is 2.76 bits per heavy atom. The number of anilines is 2. The van der Waals surface area contributed by atoms with E-state index >= 15 is 0 Å². The second-order valence-corrected chi connectivity index (χ2v) is 8.24. The molecule has 0 aromatic heterocycles. The molecule has 0 aliphatic carbocycles. The van der Waals surface area contributed by atoms with Gasteiger partial charge in [-0.1, -0.05) is 12.1 Å². The molecule has 0 saturated heterocycles. The number of para-hydroxylation sites is 1. The number of hydrogen-bond acceptors (Lipinski definition) is 5. The molecule has 0 radical (unpaired) electrons. The number of carbonyl (C=O) groups is 1. The third-order valence-electron chi connectivity index (χ3n) is 6.22. The van der Waals surface area contributed by atoms with Crippen molar-refractivity contribution in [1.82, 2.24) is 4.90 Å².